The Bertz CT molecular complexity index is 1030. The number of rotatable bonds is 4. The quantitative estimate of drug-likeness (QED) is 0.591. The second-order valence-electron chi connectivity index (χ2n) is 5.39. The van der Waals surface area contributed by atoms with Crippen molar-refractivity contribution in [3.63, 3.8) is 0 Å². The Labute approximate surface area is 152 Å². The lowest BCUT2D eigenvalue weighted by Crippen LogP contribution is -2.22. The number of nitrogens with zero attached hydrogens (tertiary/aromatic N) is 3. The largest absolute Gasteiger partial charge is 0.347 e. The van der Waals surface area contributed by atoms with Crippen LogP contribution in [0.15, 0.2) is 60.2 Å². The zero-order valence-corrected chi connectivity index (χ0v) is 14.6. The summed E-state index contributed by atoms with van der Waals surface area (Å²) in [4.78, 5) is 17.9. The van der Waals surface area contributed by atoms with E-state index in [0.717, 1.165) is 16.1 Å². The summed E-state index contributed by atoms with van der Waals surface area (Å²) in [6.45, 7) is 0.491. The average molecular weight is 369 g/mol. The van der Waals surface area contributed by atoms with Crippen molar-refractivity contribution in [2.75, 3.05) is 0 Å². The Kier molecular flexibility index (Phi) is 4.21. The van der Waals surface area contributed by atoms with E-state index in [1.165, 1.54) is 0 Å². The van der Waals surface area contributed by atoms with Gasteiger partial charge in [-0.15, -0.1) is 11.3 Å². The van der Waals surface area contributed by atoms with Crippen molar-refractivity contribution in [3.8, 4) is 11.3 Å². The number of carbonyl (C=O) groups excluding carboxylic acids is 1. The van der Waals surface area contributed by atoms with Gasteiger partial charge in [-0.3, -0.25) is 4.79 Å². The minimum absolute atomic E-state index is 0.191. The first-order valence-corrected chi connectivity index (χ1v) is 8.87. The molecule has 124 valence electrons. The molecular weight excluding hydrogens is 356 g/mol. The number of benzene rings is 1. The predicted molar refractivity (Wildman–Crippen MR) is 98.9 cm³/mol. The van der Waals surface area contributed by atoms with E-state index < -0.39 is 0 Å². The molecule has 0 saturated heterocycles. The smallest absolute Gasteiger partial charge is 0.257 e. The normalized spacial score (nSPS) is 10.9. The minimum Gasteiger partial charge on any atom is -0.347 e. The molecule has 0 aliphatic carbocycles. The van der Waals surface area contributed by atoms with E-state index >= 15 is 0 Å². The molecule has 0 aliphatic rings. The third kappa shape index (κ3) is 3.14. The van der Waals surface area contributed by atoms with Crippen molar-refractivity contribution < 1.29 is 4.79 Å². The fraction of sp³-hybridized carbons (Fsp3) is 0.0556. The molecule has 0 saturated carbocycles. The molecule has 1 N–H and O–H groups in total. The number of nitrogens with one attached hydrogen (secondary N) is 1. The molecule has 3 heterocycles. The second kappa shape index (κ2) is 6.66. The van der Waals surface area contributed by atoms with E-state index in [4.69, 9.17) is 11.6 Å². The summed E-state index contributed by atoms with van der Waals surface area (Å²) in [7, 11) is 0. The summed E-state index contributed by atoms with van der Waals surface area (Å²) in [5.41, 5.74) is 2.77. The van der Waals surface area contributed by atoms with Gasteiger partial charge >= 0.3 is 0 Å². The van der Waals surface area contributed by atoms with Crippen LogP contribution >= 0.6 is 22.9 Å². The summed E-state index contributed by atoms with van der Waals surface area (Å²) in [5.74, 6) is -0.191. The summed E-state index contributed by atoms with van der Waals surface area (Å²) < 4.78 is 1.67. The highest BCUT2D eigenvalue weighted by molar-refractivity contribution is 7.09. The van der Waals surface area contributed by atoms with Crippen LogP contribution in [0.25, 0.3) is 16.9 Å². The first kappa shape index (κ1) is 15.8. The van der Waals surface area contributed by atoms with E-state index in [9.17, 15) is 4.79 Å². The molecule has 25 heavy (non-hydrogen) atoms. The second-order valence-corrected chi connectivity index (χ2v) is 6.86. The van der Waals surface area contributed by atoms with Crippen molar-refractivity contribution in [1.82, 2.24) is 19.9 Å². The number of hydrogen-bond donors (Lipinski definition) is 1. The lowest BCUT2D eigenvalue weighted by Gasteiger charge is -2.05. The maximum atomic E-state index is 12.5. The highest BCUT2D eigenvalue weighted by atomic mass is 35.5. The fourth-order valence-corrected chi connectivity index (χ4v) is 3.34. The maximum Gasteiger partial charge on any atom is 0.257 e. The molecule has 1 aromatic carbocycles. The van der Waals surface area contributed by atoms with Crippen LogP contribution in [0.4, 0.5) is 0 Å². The Morgan fingerprint density at radius 2 is 2.04 bits per heavy atom. The first-order chi connectivity index (χ1) is 12.2. The molecule has 0 fully saturated rings. The van der Waals surface area contributed by atoms with Gasteiger partial charge in [0.1, 0.15) is 5.56 Å². The number of hydrogen-bond acceptors (Lipinski definition) is 4. The van der Waals surface area contributed by atoms with Crippen molar-refractivity contribution in [2.24, 2.45) is 0 Å². The van der Waals surface area contributed by atoms with Crippen molar-refractivity contribution in [2.45, 2.75) is 6.54 Å². The van der Waals surface area contributed by atoms with E-state index in [0.29, 0.717) is 22.8 Å². The SMILES string of the molecule is O=C(NCc1cccs1)c1cnn2c(-c3ccc(Cl)cc3)ccnc12. The third-order valence-electron chi connectivity index (χ3n) is 3.79. The first-order valence-electron chi connectivity index (χ1n) is 7.61. The van der Waals surface area contributed by atoms with E-state index in [1.807, 2.05) is 47.8 Å². The molecule has 1 amide bonds. The molecule has 4 rings (SSSR count). The Morgan fingerprint density at radius 1 is 1.20 bits per heavy atom. The lowest BCUT2D eigenvalue weighted by atomic mass is 10.1. The van der Waals surface area contributed by atoms with E-state index in [-0.39, 0.29) is 5.91 Å². The fourth-order valence-electron chi connectivity index (χ4n) is 2.57. The zero-order chi connectivity index (χ0) is 17.2. The van der Waals surface area contributed by atoms with Crippen LogP contribution in [0, 0.1) is 0 Å². The van der Waals surface area contributed by atoms with Crippen molar-refractivity contribution in [1.29, 1.82) is 0 Å². The molecule has 4 aromatic rings. The number of fused-ring (bicyclic) bond motifs is 1. The summed E-state index contributed by atoms with van der Waals surface area (Å²) >= 11 is 7.56. The monoisotopic (exact) mass is 368 g/mol. The average Bonchev–Trinajstić information content (AvgIpc) is 3.30. The summed E-state index contributed by atoms with van der Waals surface area (Å²) in [6.07, 6.45) is 3.22. The van der Waals surface area contributed by atoms with Crippen LogP contribution in [0.5, 0.6) is 0 Å². The van der Waals surface area contributed by atoms with Crippen LogP contribution in [0.3, 0.4) is 0 Å². The van der Waals surface area contributed by atoms with Gasteiger partial charge in [0.15, 0.2) is 5.65 Å². The van der Waals surface area contributed by atoms with Gasteiger partial charge in [0.25, 0.3) is 5.91 Å². The molecule has 0 radical (unpaired) electrons. The Balaban J connectivity index is 1.66. The number of halogens is 1. The van der Waals surface area contributed by atoms with Crippen LogP contribution in [0.1, 0.15) is 15.2 Å². The molecule has 0 unspecified atom stereocenters. The Morgan fingerprint density at radius 3 is 2.80 bits per heavy atom. The highest BCUT2D eigenvalue weighted by Crippen LogP contribution is 2.22. The third-order valence-corrected chi connectivity index (χ3v) is 4.92. The maximum absolute atomic E-state index is 12.5. The molecule has 5 nitrogen and oxygen atoms in total. The van der Waals surface area contributed by atoms with Gasteiger partial charge in [0, 0.05) is 21.7 Å². The van der Waals surface area contributed by atoms with E-state index in [1.54, 1.807) is 28.2 Å². The highest BCUT2D eigenvalue weighted by Gasteiger charge is 2.16. The number of aromatic nitrogens is 3. The van der Waals surface area contributed by atoms with Gasteiger partial charge in [0.05, 0.1) is 18.4 Å². The molecule has 0 atom stereocenters. The number of carbonyl (C=O) groups is 1. The van der Waals surface area contributed by atoms with E-state index in [2.05, 4.69) is 15.4 Å². The molecular formula is C18H13ClN4OS. The van der Waals surface area contributed by atoms with Gasteiger partial charge in [-0.25, -0.2) is 9.50 Å². The topological polar surface area (TPSA) is 59.3 Å². The van der Waals surface area contributed by atoms with Crippen LogP contribution in [-0.2, 0) is 6.54 Å². The van der Waals surface area contributed by atoms with Crippen molar-refractivity contribution in [3.05, 3.63) is 75.7 Å². The van der Waals surface area contributed by atoms with Crippen LogP contribution in [-0.4, -0.2) is 20.5 Å². The van der Waals surface area contributed by atoms with Gasteiger partial charge in [0.2, 0.25) is 0 Å². The van der Waals surface area contributed by atoms with Crippen LogP contribution in [0.2, 0.25) is 5.02 Å². The molecule has 7 heteroatoms. The standard InChI is InChI=1S/C18H13ClN4OS/c19-13-5-3-12(4-6-13)16-7-8-20-17-15(11-22-23(16)17)18(24)21-10-14-2-1-9-25-14/h1-9,11H,10H2,(H,21,24). The Hall–Kier alpha value is -2.70. The molecule has 3 aromatic heterocycles. The van der Waals surface area contributed by atoms with Gasteiger partial charge in [-0.1, -0.05) is 29.8 Å². The molecule has 0 spiro atoms. The van der Waals surface area contributed by atoms with Gasteiger partial charge < -0.3 is 5.32 Å². The zero-order valence-electron chi connectivity index (χ0n) is 13.0. The predicted octanol–water partition coefficient (Wildman–Crippen LogP) is 4.04. The number of thiophene rings is 1. The summed E-state index contributed by atoms with van der Waals surface area (Å²) in [6, 6.07) is 13.3. The summed E-state index contributed by atoms with van der Waals surface area (Å²) in [5, 5.41) is 9.91. The van der Waals surface area contributed by atoms with Crippen LogP contribution < -0.4 is 5.32 Å². The van der Waals surface area contributed by atoms with Gasteiger partial charge in [-0.2, -0.15) is 5.10 Å². The molecule has 0 bridgehead atoms. The van der Waals surface area contributed by atoms with Crippen molar-refractivity contribution >= 4 is 34.5 Å². The van der Waals surface area contributed by atoms with Gasteiger partial charge in [-0.05, 0) is 29.6 Å². The molecule has 0 aliphatic heterocycles. The lowest BCUT2D eigenvalue weighted by molar-refractivity contribution is 0.0952. The number of amides is 1. The minimum atomic E-state index is -0.191.